The van der Waals surface area contributed by atoms with Crippen molar-refractivity contribution in [3.8, 4) is 0 Å². The van der Waals surface area contributed by atoms with Crippen molar-refractivity contribution in [2.45, 2.75) is 43.6 Å². The molecule has 28 heavy (non-hydrogen) atoms. The first-order chi connectivity index (χ1) is 13.7. The third kappa shape index (κ3) is 4.23. The maximum absolute atomic E-state index is 10.7. The van der Waals surface area contributed by atoms with Gasteiger partial charge in [-0.25, -0.2) is 0 Å². The van der Waals surface area contributed by atoms with Gasteiger partial charge in [0.1, 0.15) is 24.4 Å². The number of hydrogen-bond acceptors (Lipinski definition) is 6. The van der Waals surface area contributed by atoms with E-state index in [-0.39, 0.29) is 0 Å². The molecule has 0 amide bonds. The average Bonchev–Trinajstić information content (AvgIpc) is 2.74. The lowest BCUT2D eigenvalue weighted by Crippen LogP contribution is -2.62. The van der Waals surface area contributed by atoms with E-state index in [1.807, 2.05) is 42.5 Å². The van der Waals surface area contributed by atoms with Gasteiger partial charge in [0.05, 0.1) is 13.2 Å². The molecule has 2 heterocycles. The second kappa shape index (κ2) is 8.88. The first kappa shape index (κ1) is 19.8. The fourth-order valence-corrected chi connectivity index (χ4v) is 3.63. The first-order valence-electron chi connectivity index (χ1n) is 9.20. The Morgan fingerprint density at radius 1 is 1.07 bits per heavy atom. The number of ether oxygens (including phenoxy) is 5. The molecular formula is C21H23ClO6. The molecule has 1 N–H and O–H groups in total. The Hall–Kier alpha value is -1.51. The molecule has 0 aromatic heterocycles. The lowest BCUT2D eigenvalue weighted by molar-refractivity contribution is -0.363. The van der Waals surface area contributed by atoms with Crippen LogP contribution >= 0.6 is 11.6 Å². The molecule has 0 bridgehead atoms. The smallest absolute Gasteiger partial charge is 0.186 e. The normalized spacial score (nSPS) is 32.7. The van der Waals surface area contributed by atoms with Crippen molar-refractivity contribution in [3.63, 3.8) is 0 Å². The second-order valence-electron chi connectivity index (χ2n) is 6.85. The van der Waals surface area contributed by atoms with E-state index in [2.05, 4.69) is 0 Å². The van der Waals surface area contributed by atoms with Crippen LogP contribution in [0.1, 0.15) is 17.4 Å². The SMILES string of the molecule is CO[C@H]1O[C@@H]2COC(c3ccccc3)O[C@H]2[C@H](OCc2ccc(Cl)cc2)[C@H]1O. The predicted molar refractivity (Wildman–Crippen MR) is 102 cm³/mol. The van der Waals surface area contributed by atoms with Crippen LogP contribution in [-0.2, 0) is 30.3 Å². The third-order valence-corrected chi connectivity index (χ3v) is 5.22. The highest BCUT2D eigenvalue weighted by Gasteiger charge is 2.50. The molecule has 2 aromatic carbocycles. The highest BCUT2D eigenvalue weighted by molar-refractivity contribution is 6.30. The Kier molecular flexibility index (Phi) is 6.28. The Morgan fingerprint density at radius 3 is 2.54 bits per heavy atom. The van der Waals surface area contributed by atoms with Gasteiger partial charge >= 0.3 is 0 Å². The van der Waals surface area contributed by atoms with Gasteiger partial charge in [0.25, 0.3) is 0 Å². The molecule has 1 unspecified atom stereocenters. The van der Waals surface area contributed by atoms with Gasteiger partial charge in [-0.05, 0) is 17.7 Å². The Morgan fingerprint density at radius 2 is 1.82 bits per heavy atom. The predicted octanol–water partition coefficient (Wildman–Crippen LogP) is 3.07. The minimum atomic E-state index is -0.993. The summed E-state index contributed by atoms with van der Waals surface area (Å²) < 4.78 is 29.2. The summed E-state index contributed by atoms with van der Waals surface area (Å²) in [6.07, 6.45) is -3.87. The monoisotopic (exact) mass is 406 g/mol. The van der Waals surface area contributed by atoms with Crippen molar-refractivity contribution in [1.29, 1.82) is 0 Å². The highest BCUT2D eigenvalue weighted by atomic mass is 35.5. The van der Waals surface area contributed by atoms with Gasteiger partial charge in [0.15, 0.2) is 12.6 Å². The largest absolute Gasteiger partial charge is 0.385 e. The van der Waals surface area contributed by atoms with Crippen LogP contribution in [-0.4, -0.2) is 49.5 Å². The quantitative estimate of drug-likeness (QED) is 0.823. The molecule has 4 rings (SSSR count). The summed E-state index contributed by atoms with van der Waals surface area (Å²) in [6, 6.07) is 17.0. The maximum atomic E-state index is 10.7. The van der Waals surface area contributed by atoms with Gasteiger partial charge < -0.3 is 28.8 Å². The molecule has 7 heteroatoms. The standard InChI is InChI=1S/C21H23ClO6/c1-24-21-17(23)19(25-11-13-7-9-15(22)10-8-13)18-16(27-21)12-26-20(28-18)14-5-3-2-4-6-14/h2-10,16-21,23H,11-12H2,1H3/t16-,17-,18-,19-,20?,21+/m1/s1. The van der Waals surface area contributed by atoms with Crippen molar-refractivity contribution < 1.29 is 28.8 Å². The Labute approximate surface area is 168 Å². The van der Waals surface area contributed by atoms with Crippen molar-refractivity contribution >= 4 is 11.6 Å². The molecule has 0 spiro atoms. The average molecular weight is 407 g/mol. The second-order valence-corrected chi connectivity index (χ2v) is 7.28. The molecule has 2 saturated heterocycles. The molecule has 2 aromatic rings. The van der Waals surface area contributed by atoms with Gasteiger partial charge in [-0.1, -0.05) is 54.1 Å². The van der Waals surface area contributed by atoms with Crippen molar-refractivity contribution in [2.75, 3.05) is 13.7 Å². The zero-order valence-corrected chi connectivity index (χ0v) is 16.2. The van der Waals surface area contributed by atoms with E-state index in [0.29, 0.717) is 18.2 Å². The summed E-state index contributed by atoms with van der Waals surface area (Å²) in [5, 5.41) is 11.4. The number of fused-ring (bicyclic) bond motifs is 1. The number of aliphatic hydroxyl groups excluding tert-OH is 1. The zero-order valence-electron chi connectivity index (χ0n) is 15.4. The van der Waals surface area contributed by atoms with E-state index in [1.165, 1.54) is 7.11 Å². The van der Waals surface area contributed by atoms with Crippen LogP contribution in [0.25, 0.3) is 0 Å². The fourth-order valence-electron chi connectivity index (χ4n) is 3.50. The first-order valence-corrected chi connectivity index (χ1v) is 9.58. The van der Waals surface area contributed by atoms with Gasteiger partial charge in [-0.3, -0.25) is 0 Å². The zero-order chi connectivity index (χ0) is 19.5. The summed E-state index contributed by atoms with van der Waals surface area (Å²) in [5.41, 5.74) is 1.85. The Balaban J connectivity index is 1.51. The van der Waals surface area contributed by atoms with Crippen LogP contribution < -0.4 is 0 Å². The molecule has 2 aliphatic rings. The number of methoxy groups -OCH3 is 1. The molecule has 0 radical (unpaired) electrons. The molecule has 0 aliphatic carbocycles. The molecular weight excluding hydrogens is 384 g/mol. The van der Waals surface area contributed by atoms with Crippen LogP contribution in [0.3, 0.4) is 0 Å². The molecule has 0 saturated carbocycles. The topological polar surface area (TPSA) is 66.4 Å². The molecule has 150 valence electrons. The number of hydrogen-bond donors (Lipinski definition) is 1. The number of rotatable bonds is 5. The highest BCUT2D eigenvalue weighted by Crippen LogP contribution is 2.35. The van der Waals surface area contributed by atoms with E-state index >= 15 is 0 Å². The fraction of sp³-hybridized carbons (Fsp3) is 0.429. The van der Waals surface area contributed by atoms with Gasteiger partial charge in [0.2, 0.25) is 0 Å². The van der Waals surface area contributed by atoms with Crippen LogP contribution in [0.15, 0.2) is 54.6 Å². The molecule has 2 aliphatic heterocycles. The van der Waals surface area contributed by atoms with E-state index in [0.717, 1.165) is 11.1 Å². The van der Waals surface area contributed by atoms with E-state index in [9.17, 15) is 5.11 Å². The molecule has 2 fully saturated rings. The summed E-state index contributed by atoms with van der Waals surface area (Å²) in [7, 11) is 1.49. The van der Waals surface area contributed by atoms with E-state index in [1.54, 1.807) is 12.1 Å². The van der Waals surface area contributed by atoms with E-state index in [4.69, 9.17) is 35.3 Å². The minimum absolute atomic E-state index is 0.304. The van der Waals surface area contributed by atoms with Crippen LogP contribution in [0.2, 0.25) is 5.02 Å². The Bertz CT molecular complexity index is 755. The molecule has 6 nitrogen and oxygen atoms in total. The summed E-state index contributed by atoms with van der Waals surface area (Å²) in [4.78, 5) is 0. The van der Waals surface area contributed by atoms with Crippen molar-refractivity contribution in [2.24, 2.45) is 0 Å². The summed E-state index contributed by atoms with van der Waals surface area (Å²) >= 11 is 5.94. The van der Waals surface area contributed by atoms with Crippen LogP contribution in [0, 0.1) is 0 Å². The summed E-state index contributed by atoms with van der Waals surface area (Å²) in [6.45, 7) is 0.621. The minimum Gasteiger partial charge on any atom is -0.385 e. The van der Waals surface area contributed by atoms with Crippen LogP contribution in [0.5, 0.6) is 0 Å². The van der Waals surface area contributed by atoms with Gasteiger partial charge in [-0.15, -0.1) is 0 Å². The lowest BCUT2D eigenvalue weighted by Gasteiger charge is -2.47. The number of halogens is 1. The van der Waals surface area contributed by atoms with Crippen molar-refractivity contribution in [3.05, 3.63) is 70.7 Å². The maximum Gasteiger partial charge on any atom is 0.186 e. The van der Waals surface area contributed by atoms with Crippen molar-refractivity contribution in [1.82, 2.24) is 0 Å². The van der Waals surface area contributed by atoms with Gasteiger partial charge in [0, 0.05) is 17.7 Å². The number of benzene rings is 2. The lowest BCUT2D eigenvalue weighted by atomic mass is 9.97. The third-order valence-electron chi connectivity index (χ3n) is 4.97. The van der Waals surface area contributed by atoms with E-state index < -0.39 is 37.0 Å². The molecule has 6 atom stereocenters. The van der Waals surface area contributed by atoms with Crippen LogP contribution in [0.4, 0.5) is 0 Å². The number of aliphatic hydroxyl groups is 1. The summed E-state index contributed by atoms with van der Waals surface area (Å²) in [5.74, 6) is 0. The van der Waals surface area contributed by atoms with Gasteiger partial charge in [-0.2, -0.15) is 0 Å².